The van der Waals surface area contributed by atoms with Crippen LogP contribution in [0.2, 0.25) is 0 Å². The van der Waals surface area contributed by atoms with E-state index >= 15 is 0 Å². The van der Waals surface area contributed by atoms with Gasteiger partial charge in [0.1, 0.15) is 17.4 Å². The number of phenolic OH excluding ortho intramolecular Hbond substituents is 1. The summed E-state index contributed by atoms with van der Waals surface area (Å²) in [5.41, 5.74) is 0.513. The number of hydrogen-bond donors (Lipinski definition) is 2. The fraction of sp³-hybridized carbons (Fsp3) is 0.250. The second kappa shape index (κ2) is 7.79. The van der Waals surface area contributed by atoms with E-state index in [1.54, 1.807) is 41.3 Å². The van der Waals surface area contributed by atoms with Gasteiger partial charge in [-0.15, -0.1) is 0 Å². The van der Waals surface area contributed by atoms with Crippen LogP contribution in [0.4, 0.5) is 5.69 Å². The zero-order valence-electron chi connectivity index (χ0n) is 15.0. The molecule has 2 aromatic rings. The highest BCUT2D eigenvalue weighted by molar-refractivity contribution is 6.11. The van der Waals surface area contributed by atoms with E-state index in [0.29, 0.717) is 42.6 Å². The van der Waals surface area contributed by atoms with Crippen LogP contribution < -0.4 is 5.32 Å². The number of nitriles is 1. The minimum absolute atomic E-state index is 0.0107. The van der Waals surface area contributed by atoms with Crippen LogP contribution in [-0.2, 0) is 9.59 Å². The summed E-state index contributed by atoms with van der Waals surface area (Å²) in [4.78, 5) is 27.5. The van der Waals surface area contributed by atoms with Crippen molar-refractivity contribution in [1.29, 1.82) is 5.26 Å². The van der Waals surface area contributed by atoms with E-state index in [9.17, 15) is 20.0 Å². The van der Waals surface area contributed by atoms with Crippen molar-refractivity contribution in [2.75, 3.05) is 31.5 Å². The molecule has 1 saturated heterocycles. The number of fused-ring (bicyclic) bond motifs is 1. The molecule has 0 radical (unpaired) electrons. The average Bonchev–Trinajstić information content (AvgIpc) is 2.67. The molecule has 7 nitrogen and oxygen atoms in total. The number of aromatic hydroxyl groups is 1. The van der Waals surface area contributed by atoms with Gasteiger partial charge in [0.05, 0.1) is 0 Å². The topological polar surface area (TPSA) is 96.7 Å². The van der Waals surface area contributed by atoms with Gasteiger partial charge in [-0.1, -0.05) is 24.3 Å². The SMILES string of the molecule is CC(=O)N1CCN(/C=C(/C#N)C(=O)Nc2cccc3c(O)cccc23)CC1. The van der Waals surface area contributed by atoms with E-state index in [0.717, 1.165) is 0 Å². The number of amides is 2. The van der Waals surface area contributed by atoms with Crippen LogP contribution in [0, 0.1) is 11.3 Å². The van der Waals surface area contributed by atoms with Crippen molar-refractivity contribution in [3.8, 4) is 11.8 Å². The van der Waals surface area contributed by atoms with E-state index < -0.39 is 5.91 Å². The molecule has 138 valence electrons. The highest BCUT2D eigenvalue weighted by Gasteiger charge is 2.19. The van der Waals surface area contributed by atoms with Crippen LogP contribution in [0.1, 0.15) is 6.92 Å². The van der Waals surface area contributed by atoms with Gasteiger partial charge < -0.3 is 20.2 Å². The number of benzene rings is 2. The van der Waals surface area contributed by atoms with E-state index in [2.05, 4.69) is 5.32 Å². The third-order valence-electron chi connectivity index (χ3n) is 4.58. The summed E-state index contributed by atoms with van der Waals surface area (Å²) >= 11 is 0. The Labute approximate surface area is 157 Å². The quantitative estimate of drug-likeness (QED) is 0.642. The molecule has 1 aliphatic rings. The Morgan fingerprint density at radius 3 is 2.44 bits per heavy atom. The van der Waals surface area contributed by atoms with Crippen LogP contribution in [-0.4, -0.2) is 52.9 Å². The first-order valence-corrected chi connectivity index (χ1v) is 8.63. The van der Waals surface area contributed by atoms with Crippen molar-refractivity contribution in [2.45, 2.75) is 6.92 Å². The minimum Gasteiger partial charge on any atom is -0.507 e. The zero-order chi connectivity index (χ0) is 19.4. The molecular formula is C20H20N4O3. The second-order valence-electron chi connectivity index (χ2n) is 6.33. The number of carbonyl (C=O) groups is 2. The van der Waals surface area contributed by atoms with Gasteiger partial charge in [-0.2, -0.15) is 5.26 Å². The highest BCUT2D eigenvalue weighted by Crippen LogP contribution is 2.30. The Hall–Kier alpha value is -3.53. The van der Waals surface area contributed by atoms with Gasteiger partial charge in [0.15, 0.2) is 0 Å². The van der Waals surface area contributed by atoms with E-state index in [1.807, 2.05) is 11.0 Å². The largest absolute Gasteiger partial charge is 0.507 e. The zero-order valence-corrected chi connectivity index (χ0v) is 15.0. The number of phenols is 1. The fourth-order valence-electron chi connectivity index (χ4n) is 3.08. The third-order valence-corrected chi connectivity index (χ3v) is 4.58. The molecule has 3 rings (SSSR count). The summed E-state index contributed by atoms with van der Waals surface area (Å²) in [5, 5.41) is 23.4. The molecule has 0 spiro atoms. The van der Waals surface area contributed by atoms with Crippen LogP contribution in [0.15, 0.2) is 48.2 Å². The molecule has 0 unspecified atom stereocenters. The van der Waals surface area contributed by atoms with E-state index in [4.69, 9.17) is 0 Å². The van der Waals surface area contributed by atoms with Crippen molar-refractivity contribution in [1.82, 2.24) is 9.80 Å². The number of rotatable bonds is 3. The Morgan fingerprint density at radius 1 is 1.11 bits per heavy atom. The number of nitrogens with one attached hydrogen (secondary N) is 1. The lowest BCUT2D eigenvalue weighted by Gasteiger charge is -2.33. The minimum atomic E-state index is -0.512. The number of nitrogens with zero attached hydrogens (tertiary/aromatic N) is 3. The molecule has 27 heavy (non-hydrogen) atoms. The summed E-state index contributed by atoms with van der Waals surface area (Å²) in [6.45, 7) is 3.80. The number of hydrogen-bond acceptors (Lipinski definition) is 5. The molecule has 0 aliphatic carbocycles. The number of anilines is 1. The Balaban J connectivity index is 1.76. The van der Waals surface area contributed by atoms with Crippen LogP contribution >= 0.6 is 0 Å². The van der Waals surface area contributed by atoms with Crippen molar-refractivity contribution in [3.05, 3.63) is 48.2 Å². The average molecular weight is 364 g/mol. The maximum absolute atomic E-state index is 12.6. The summed E-state index contributed by atoms with van der Waals surface area (Å²) in [6.07, 6.45) is 1.54. The molecule has 2 aromatic carbocycles. The molecule has 2 amide bonds. The maximum Gasteiger partial charge on any atom is 0.267 e. The molecule has 0 atom stereocenters. The molecule has 1 heterocycles. The predicted octanol–water partition coefficient (Wildman–Crippen LogP) is 2.06. The Kier molecular flexibility index (Phi) is 5.27. The van der Waals surface area contributed by atoms with E-state index in [-0.39, 0.29) is 17.2 Å². The molecule has 0 saturated carbocycles. The highest BCUT2D eigenvalue weighted by atomic mass is 16.3. The smallest absolute Gasteiger partial charge is 0.267 e. The summed E-state index contributed by atoms with van der Waals surface area (Å²) in [6, 6.07) is 12.2. The van der Waals surface area contributed by atoms with Gasteiger partial charge in [0, 0.05) is 55.8 Å². The summed E-state index contributed by atoms with van der Waals surface area (Å²) in [5.74, 6) is -0.360. The molecule has 2 N–H and O–H groups in total. The Morgan fingerprint density at radius 2 is 1.78 bits per heavy atom. The van der Waals surface area contributed by atoms with Gasteiger partial charge in [-0.25, -0.2) is 0 Å². The first-order valence-electron chi connectivity index (χ1n) is 8.63. The fourth-order valence-corrected chi connectivity index (χ4v) is 3.08. The number of carbonyl (C=O) groups excluding carboxylic acids is 2. The van der Waals surface area contributed by atoms with Gasteiger partial charge in [-0.05, 0) is 12.1 Å². The lowest BCUT2D eigenvalue weighted by atomic mass is 10.1. The normalized spacial score (nSPS) is 14.7. The monoisotopic (exact) mass is 364 g/mol. The van der Waals surface area contributed by atoms with Crippen molar-refractivity contribution in [3.63, 3.8) is 0 Å². The van der Waals surface area contributed by atoms with Gasteiger partial charge in [0.25, 0.3) is 5.91 Å². The van der Waals surface area contributed by atoms with Crippen molar-refractivity contribution in [2.24, 2.45) is 0 Å². The third kappa shape index (κ3) is 4.01. The van der Waals surface area contributed by atoms with Crippen molar-refractivity contribution >= 4 is 28.3 Å². The molecule has 1 fully saturated rings. The lowest BCUT2D eigenvalue weighted by molar-refractivity contribution is -0.130. The number of piperazine rings is 1. The van der Waals surface area contributed by atoms with Crippen LogP contribution in [0.5, 0.6) is 5.75 Å². The van der Waals surface area contributed by atoms with Gasteiger partial charge >= 0.3 is 0 Å². The molecule has 0 aromatic heterocycles. The first kappa shape index (κ1) is 18.3. The van der Waals surface area contributed by atoms with Crippen molar-refractivity contribution < 1.29 is 14.7 Å². The molecule has 0 bridgehead atoms. The predicted molar refractivity (Wildman–Crippen MR) is 102 cm³/mol. The molecule has 1 aliphatic heterocycles. The molecular weight excluding hydrogens is 344 g/mol. The molecule has 7 heteroatoms. The van der Waals surface area contributed by atoms with Gasteiger partial charge in [0.2, 0.25) is 5.91 Å². The summed E-state index contributed by atoms with van der Waals surface area (Å²) < 4.78 is 0. The first-order chi connectivity index (χ1) is 13.0. The van der Waals surface area contributed by atoms with Crippen LogP contribution in [0.3, 0.4) is 0 Å². The van der Waals surface area contributed by atoms with E-state index in [1.165, 1.54) is 13.1 Å². The summed E-state index contributed by atoms with van der Waals surface area (Å²) in [7, 11) is 0. The maximum atomic E-state index is 12.6. The van der Waals surface area contributed by atoms with Gasteiger partial charge in [-0.3, -0.25) is 9.59 Å². The van der Waals surface area contributed by atoms with Crippen LogP contribution in [0.25, 0.3) is 10.8 Å². The standard InChI is InChI=1S/C20H20N4O3/c1-14(25)24-10-8-23(9-11-24)13-15(12-21)20(27)22-18-6-2-5-17-16(18)4-3-7-19(17)26/h2-7,13,26H,8-11H2,1H3,(H,22,27)/b15-13-. The second-order valence-corrected chi connectivity index (χ2v) is 6.33. The lowest BCUT2D eigenvalue weighted by Crippen LogP contribution is -2.46. The Bertz CT molecular complexity index is 953.